The van der Waals surface area contributed by atoms with Crippen molar-refractivity contribution < 1.29 is 9.18 Å². The first-order chi connectivity index (χ1) is 14.3. The number of hydrogen-bond donors (Lipinski definition) is 0. The molecule has 0 fully saturated rings. The molecule has 0 aliphatic rings. The second kappa shape index (κ2) is 9.61. The minimum absolute atomic E-state index is 0.178. The molecule has 3 rings (SSSR count). The van der Waals surface area contributed by atoms with Gasteiger partial charge in [-0.15, -0.1) is 0 Å². The molecule has 4 nitrogen and oxygen atoms in total. The largest absolute Gasteiger partial charge is 0.331 e. The number of aryl methyl sites for hydroxylation is 2. The Morgan fingerprint density at radius 2 is 2.00 bits per heavy atom. The van der Waals surface area contributed by atoms with Gasteiger partial charge in [-0.1, -0.05) is 38.4 Å². The zero-order valence-corrected chi connectivity index (χ0v) is 18.8. The predicted molar refractivity (Wildman–Crippen MR) is 120 cm³/mol. The highest BCUT2D eigenvalue weighted by Gasteiger charge is 2.21. The van der Waals surface area contributed by atoms with Gasteiger partial charge in [0.25, 0.3) is 5.91 Å². The minimum atomic E-state index is -0.363. The van der Waals surface area contributed by atoms with E-state index in [1.54, 1.807) is 24.0 Å². The summed E-state index contributed by atoms with van der Waals surface area (Å²) >= 11 is 6.21. The van der Waals surface area contributed by atoms with E-state index in [9.17, 15) is 9.18 Å². The van der Waals surface area contributed by atoms with Crippen LogP contribution in [0.25, 0.3) is 11.0 Å². The summed E-state index contributed by atoms with van der Waals surface area (Å²) in [5, 5.41) is 0.661. The normalized spacial score (nSPS) is 11.4. The predicted octanol–water partition coefficient (Wildman–Crippen LogP) is 6.24. The molecule has 0 radical (unpaired) electrons. The van der Waals surface area contributed by atoms with E-state index in [1.807, 2.05) is 18.2 Å². The van der Waals surface area contributed by atoms with Gasteiger partial charge in [-0.3, -0.25) is 4.79 Å². The molecule has 0 spiro atoms. The van der Waals surface area contributed by atoms with Crippen molar-refractivity contribution in [3.05, 3.63) is 64.2 Å². The van der Waals surface area contributed by atoms with E-state index in [0.29, 0.717) is 35.2 Å². The Kier molecular flexibility index (Phi) is 7.14. The maximum absolute atomic E-state index is 14.1. The molecule has 0 unspecified atom stereocenters. The van der Waals surface area contributed by atoms with Crippen molar-refractivity contribution in [1.29, 1.82) is 0 Å². The van der Waals surface area contributed by atoms with Gasteiger partial charge < -0.3 is 9.47 Å². The number of imidazole rings is 1. The third kappa shape index (κ3) is 5.01. The Morgan fingerprint density at radius 3 is 2.67 bits per heavy atom. The maximum atomic E-state index is 14.1. The van der Waals surface area contributed by atoms with Crippen LogP contribution in [0.3, 0.4) is 0 Å². The van der Waals surface area contributed by atoms with E-state index < -0.39 is 0 Å². The van der Waals surface area contributed by atoms with Crippen molar-refractivity contribution in [1.82, 2.24) is 14.5 Å². The summed E-state index contributed by atoms with van der Waals surface area (Å²) in [6.45, 7) is 9.80. The fourth-order valence-electron chi connectivity index (χ4n) is 3.49. The number of nitrogens with zero attached hydrogens (tertiary/aromatic N) is 3. The Labute approximate surface area is 182 Å². The number of halogens is 2. The smallest absolute Gasteiger partial charge is 0.254 e. The van der Waals surface area contributed by atoms with Gasteiger partial charge in [-0.05, 0) is 61.6 Å². The van der Waals surface area contributed by atoms with E-state index in [1.165, 1.54) is 6.07 Å². The molecule has 0 bridgehead atoms. The quantitative estimate of drug-likeness (QED) is 0.425. The summed E-state index contributed by atoms with van der Waals surface area (Å²) in [6, 6.07) is 10.3. The average molecular weight is 430 g/mol. The van der Waals surface area contributed by atoms with Gasteiger partial charge in [-0.25, -0.2) is 9.37 Å². The van der Waals surface area contributed by atoms with E-state index in [0.717, 1.165) is 36.2 Å². The van der Waals surface area contributed by atoms with E-state index in [2.05, 4.69) is 25.3 Å². The monoisotopic (exact) mass is 429 g/mol. The number of carbonyl (C=O) groups excluding carboxylic acids is 1. The maximum Gasteiger partial charge on any atom is 0.254 e. The number of carbonyl (C=O) groups is 1. The first-order valence-corrected chi connectivity index (χ1v) is 10.9. The molecule has 0 aliphatic heterocycles. The number of rotatable bonds is 8. The molecular weight excluding hydrogens is 401 g/mol. The Balaban J connectivity index is 1.97. The number of benzene rings is 2. The second-order valence-electron chi connectivity index (χ2n) is 8.19. The lowest BCUT2D eigenvalue weighted by molar-refractivity contribution is 0.0729. The number of hydrogen-bond acceptors (Lipinski definition) is 2. The molecule has 0 atom stereocenters. The van der Waals surface area contributed by atoms with Crippen LogP contribution in [0.1, 0.15) is 55.4 Å². The molecule has 3 aromatic rings. The highest BCUT2D eigenvalue weighted by atomic mass is 35.5. The molecule has 1 heterocycles. The van der Waals surface area contributed by atoms with Gasteiger partial charge in [0.15, 0.2) is 0 Å². The fraction of sp³-hybridized carbons (Fsp3) is 0.417. The number of amides is 1. The van der Waals surface area contributed by atoms with Gasteiger partial charge in [0.1, 0.15) is 11.6 Å². The third-order valence-electron chi connectivity index (χ3n) is 5.25. The van der Waals surface area contributed by atoms with Crippen molar-refractivity contribution in [2.45, 2.75) is 53.6 Å². The molecule has 6 heteroatoms. The van der Waals surface area contributed by atoms with Crippen molar-refractivity contribution in [2.24, 2.45) is 5.92 Å². The second-order valence-corrected chi connectivity index (χ2v) is 8.62. The summed E-state index contributed by atoms with van der Waals surface area (Å²) in [5.74, 6) is 0.724. The highest BCUT2D eigenvalue weighted by molar-refractivity contribution is 6.31. The third-order valence-corrected chi connectivity index (χ3v) is 5.49. The molecule has 2 aromatic carbocycles. The molecular formula is C24H29ClFN3O. The molecule has 0 aliphatic carbocycles. The molecule has 1 aromatic heterocycles. The lowest BCUT2D eigenvalue weighted by atomic mass is 10.1. The van der Waals surface area contributed by atoms with Crippen LogP contribution in [0.5, 0.6) is 0 Å². The van der Waals surface area contributed by atoms with Gasteiger partial charge >= 0.3 is 0 Å². The van der Waals surface area contributed by atoms with Crippen molar-refractivity contribution >= 4 is 28.5 Å². The number of fused-ring (bicyclic) bond motifs is 1. The molecule has 0 N–H and O–H groups in total. The van der Waals surface area contributed by atoms with Crippen LogP contribution in [-0.4, -0.2) is 26.9 Å². The standard InChI is InChI=1S/C24H29ClFN3O/c1-5-11-29-22-14-19(25)8-9-21(22)27-23(29)15-28(12-10-16(2)3)24(30)18-7-6-17(4)20(26)13-18/h6-9,13-14,16H,5,10-12,15H2,1-4H3. The van der Waals surface area contributed by atoms with Crippen molar-refractivity contribution in [3.63, 3.8) is 0 Å². The van der Waals surface area contributed by atoms with Crippen LogP contribution >= 0.6 is 11.6 Å². The summed E-state index contributed by atoms with van der Waals surface area (Å²) in [5.41, 5.74) is 2.72. The summed E-state index contributed by atoms with van der Waals surface area (Å²) < 4.78 is 16.2. The highest BCUT2D eigenvalue weighted by Crippen LogP contribution is 2.23. The Bertz CT molecular complexity index is 1040. The van der Waals surface area contributed by atoms with Crippen LogP contribution in [0.2, 0.25) is 5.02 Å². The van der Waals surface area contributed by atoms with Crippen LogP contribution in [0.4, 0.5) is 4.39 Å². The fourth-order valence-corrected chi connectivity index (χ4v) is 3.65. The molecule has 0 saturated heterocycles. The number of aromatic nitrogens is 2. The first-order valence-electron chi connectivity index (χ1n) is 10.5. The molecule has 30 heavy (non-hydrogen) atoms. The molecule has 1 amide bonds. The zero-order chi connectivity index (χ0) is 21.8. The van der Waals surface area contributed by atoms with E-state index in [-0.39, 0.29) is 11.7 Å². The van der Waals surface area contributed by atoms with Gasteiger partial charge in [0.05, 0.1) is 17.6 Å². The van der Waals surface area contributed by atoms with Crippen LogP contribution < -0.4 is 0 Å². The summed E-state index contributed by atoms with van der Waals surface area (Å²) in [7, 11) is 0. The Hall–Kier alpha value is -2.40. The van der Waals surface area contributed by atoms with Crippen LogP contribution in [0.15, 0.2) is 36.4 Å². The van der Waals surface area contributed by atoms with Gasteiger partial charge in [-0.2, -0.15) is 0 Å². The first kappa shape index (κ1) is 22.3. The van der Waals surface area contributed by atoms with Gasteiger partial charge in [0, 0.05) is 23.7 Å². The Morgan fingerprint density at radius 1 is 1.23 bits per heavy atom. The lowest BCUT2D eigenvalue weighted by Crippen LogP contribution is -2.33. The van der Waals surface area contributed by atoms with E-state index in [4.69, 9.17) is 16.6 Å². The minimum Gasteiger partial charge on any atom is -0.331 e. The van der Waals surface area contributed by atoms with Crippen molar-refractivity contribution in [3.8, 4) is 0 Å². The van der Waals surface area contributed by atoms with E-state index >= 15 is 0 Å². The summed E-state index contributed by atoms with van der Waals surface area (Å²) in [4.78, 5) is 19.8. The average Bonchev–Trinajstić information content (AvgIpc) is 3.03. The van der Waals surface area contributed by atoms with Crippen LogP contribution in [-0.2, 0) is 13.1 Å². The summed E-state index contributed by atoms with van der Waals surface area (Å²) in [6.07, 6.45) is 1.80. The zero-order valence-electron chi connectivity index (χ0n) is 18.1. The van der Waals surface area contributed by atoms with Gasteiger partial charge in [0.2, 0.25) is 0 Å². The van der Waals surface area contributed by atoms with Crippen molar-refractivity contribution in [2.75, 3.05) is 6.54 Å². The topological polar surface area (TPSA) is 38.1 Å². The lowest BCUT2D eigenvalue weighted by Gasteiger charge is -2.24. The van der Waals surface area contributed by atoms with Crippen LogP contribution in [0, 0.1) is 18.7 Å². The molecule has 160 valence electrons. The molecule has 0 saturated carbocycles. The SMILES string of the molecule is CCCn1c(CN(CCC(C)C)C(=O)c2ccc(C)c(F)c2)nc2ccc(Cl)cc21.